The molecule has 6 aromatic rings. The second kappa shape index (κ2) is 14.7. The summed E-state index contributed by atoms with van der Waals surface area (Å²) in [5.41, 5.74) is 2.70. The molecule has 0 spiro atoms. The second-order valence-electron chi connectivity index (χ2n) is 14.1. The van der Waals surface area contributed by atoms with Gasteiger partial charge in [0.1, 0.15) is 38.8 Å². The smallest absolute Gasteiger partial charge is 0.215 e. The van der Waals surface area contributed by atoms with Crippen LogP contribution >= 0.6 is 34.8 Å². The maximum Gasteiger partial charge on any atom is 0.215 e. The number of phenols is 2. The minimum atomic E-state index is -0.634. The topological polar surface area (TPSA) is 157 Å². The number of aromatic hydroxyl groups is 2. The van der Waals surface area contributed by atoms with Gasteiger partial charge in [-0.05, 0) is 62.9 Å². The number of carbonyl (C=O) groups excluding carboxylic acids is 2. The Morgan fingerprint density at radius 1 is 0.722 bits per heavy atom. The number of halogens is 3. The molecule has 2 saturated carbocycles. The number of ketones is 2. The molecule has 0 saturated heterocycles. The molecule has 15 heteroatoms. The van der Waals surface area contributed by atoms with E-state index in [4.69, 9.17) is 34.8 Å². The molecule has 2 aliphatic carbocycles. The van der Waals surface area contributed by atoms with Crippen LogP contribution in [0.1, 0.15) is 114 Å². The fourth-order valence-corrected chi connectivity index (χ4v) is 8.35. The summed E-state index contributed by atoms with van der Waals surface area (Å²) in [4.78, 5) is 31.2. The van der Waals surface area contributed by atoms with Crippen molar-refractivity contribution < 1.29 is 19.8 Å². The third-order valence-corrected chi connectivity index (χ3v) is 11.9. The van der Waals surface area contributed by atoms with E-state index >= 15 is 0 Å². The minimum absolute atomic E-state index is 0.00637. The summed E-state index contributed by atoms with van der Waals surface area (Å²) in [6.07, 6.45) is 15.0. The van der Waals surface area contributed by atoms with Gasteiger partial charge in [0.25, 0.3) is 0 Å². The van der Waals surface area contributed by atoms with Gasteiger partial charge in [0.05, 0.1) is 52.0 Å². The number of aromatic nitrogens is 8. The molecule has 0 unspecified atom stereocenters. The van der Waals surface area contributed by atoms with Gasteiger partial charge in [0, 0.05) is 16.8 Å². The predicted molar refractivity (Wildman–Crippen MR) is 205 cm³/mol. The number of hydrogen-bond donors (Lipinski definition) is 3. The third-order valence-electron chi connectivity index (χ3n) is 10.7. The summed E-state index contributed by atoms with van der Waals surface area (Å²) in [6.45, 7) is 1.66. The molecule has 8 rings (SSSR count). The van der Waals surface area contributed by atoms with E-state index in [-0.39, 0.29) is 54.9 Å². The third kappa shape index (κ3) is 6.60. The Bertz CT molecular complexity index is 2230. The van der Waals surface area contributed by atoms with E-state index in [0.29, 0.717) is 40.3 Å². The van der Waals surface area contributed by atoms with E-state index in [9.17, 15) is 19.8 Å². The van der Waals surface area contributed by atoms with Crippen molar-refractivity contribution in [2.45, 2.75) is 83.2 Å². The molecule has 2 fully saturated rings. The van der Waals surface area contributed by atoms with E-state index in [2.05, 4.69) is 25.6 Å². The van der Waals surface area contributed by atoms with E-state index in [1.54, 1.807) is 19.1 Å². The fraction of sp³-hybridized carbons (Fsp3) is 0.333. The van der Waals surface area contributed by atoms with Gasteiger partial charge in [-0.15, -0.1) is 10.2 Å². The molecule has 0 aliphatic heterocycles. The van der Waals surface area contributed by atoms with Crippen LogP contribution in [0.2, 0.25) is 15.2 Å². The standard InChI is InChI=1S/C39H37Cl3N8O4/c1-21-28(40)18-31(37(53)26-14-12-22(16-32(26)51)29-19-48(46-44-29)24-8-4-2-5-9-24)50(21)36-34(41)39(42)43-35(36)38(54)27-15-13-23(17-33(27)52)30-20-49(47-45-30)25-10-6-3-7-11-25/h12-20,24-25,43,51-52H,2-11H2,1H3. The lowest BCUT2D eigenvalue weighted by atomic mass is 9.96. The van der Waals surface area contributed by atoms with Crippen molar-refractivity contribution in [3.63, 3.8) is 0 Å². The molecule has 4 heterocycles. The van der Waals surface area contributed by atoms with Crippen LogP contribution in [0.5, 0.6) is 11.5 Å². The Kier molecular flexibility index (Phi) is 9.84. The summed E-state index contributed by atoms with van der Waals surface area (Å²) >= 11 is 19.8. The van der Waals surface area contributed by atoms with Crippen LogP contribution in [-0.4, -0.2) is 61.3 Å². The van der Waals surface area contributed by atoms with Crippen LogP contribution < -0.4 is 0 Å². The molecule has 54 heavy (non-hydrogen) atoms. The van der Waals surface area contributed by atoms with Crippen LogP contribution in [-0.2, 0) is 0 Å². The number of aromatic amines is 1. The zero-order valence-electron chi connectivity index (χ0n) is 29.4. The molecule has 12 nitrogen and oxygen atoms in total. The normalized spacial score (nSPS) is 15.6. The van der Waals surface area contributed by atoms with Crippen LogP contribution in [0.4, 0.5) is 0 Å². The highest BCUT2D eigenvalue weighted by Crippen LogP contribution is 2.40. The lowest BCUT2D eigenvalue weighted by molar-refractivity contribution is 0.101. The Balaban J connectivity index is 1.10. The summed E-state index contributed by atoms with van der Waals surface area (Å²) in [5.74, 6) is -1.78. The van der Waals surface area contributed by atoms with E-state index in [1.807, 2.05) is 21.8 Å². The number of rotatable bonds is 9. The number of H-pyrrole nitrogens is 1. The predicted octanol–water partition coefficient (Wildman–Crippen LogP) is 9.47. The highest BCUT2D eigenvalue weighted by molar-refractivity contribution is 6.43. The minimum Gasteiger partial charge on any atom is -0.507 e. The van der Waals surface area contributed by atoms with Gasteiger partial charge in [0.2, 0.25) is 11.6 Å². The van der Waals surface area contributed by atoms with E-state index < -0.39 is 11.6 Å². The van der Waals surface area contributed by atoms with Crippen LogP contribution in [0.15, 0.2) is 54.9 Å². The van der Waals surface area contributed by atoms with Gasteiger partial charge in [-0.25, -0.2) is 9.36 Å². The van der Waals surface area contributed by atoms with Gasteiger partial charge in [0.15, 0.2) is 0 Å². The molecule has 0 bridgehead atoms. The highest BCUT2D eigenvalue weighted by Gasteiger charge is 2.31. The summed E-state index contributed by atoms with van der Waals surface area (Å²) in [6, 6.07) is 11.4. The van der Waals surface area contributed by atoms with Crippen molar-refractivity contribution in [2.24, 2.45) is 0 Å². The van der Waals surface area contributed by atoms with E-state index in [0.717, 1.165) is 51.4 Å². The van der Waals surface area contributed by atoms with E-state index in [1.165, 1.54) is 47.7 Å². The summed E-state index contributed by atoms with van der Waals surface area (Å²) < 4.78 is 5.19. The number of nitrogens with one attached hydrogen (secondary N) is 1. The van der Waals surface area contributed by atoms with Crippen molar-refractivity contribution >= 4 is 46.4 Å². The van der Waals surface area contributed by atoms with Crippen LogP contribution in [0, 0.1) is 6.92 Å². The van der Waals surface area contributed by atoms with Crippen molar-refractivity contribution in [1.29, 1.82) is 0 Å². The average molecular weight is 788 g/mol. The lowest BCUT2D eigenvalue weighted by Gasteiger charge is -2.20. The molecular weight excluding hydrogens is 751 g/mol. The Morgan fingerprint density at radius 3 is 1.72 bits per heavy atom. The van der Waals surface area contributed by atoms with Gasteiger partial charge >= 0.3 is 0 Å². The van der Waals surface area contributed by atoms with Gasteiger partial charge in [-0.3, -0.25) is 9.59 Å². The average Bonchev–Trinajstić information content (AvgIpc) is 3.99. The number of hydrogen-bond acceptors (Lipinski definition) is 8. The van der Waals surface area contributed by atoms with Crippen molar-refractivity contribution in [3.05, 3.63) is 98.3 Å². The molecular formula is C39H37Cl3N8O4. The Morgan fingerprint density at radius 2 is 1.22 bits per heavy atom. The van der Waals surface area contributed by atoms with Gasteiger partial charge in [-0.2, -0.15) is 0 Å². The fourth-order valence-electron chi connectivity index (χ4n) is 7.75. The summed E-state index contributed by atoms with van der Waals surface area (Å²) in [5, 5.41) is 39.7. The first kappa shape index (κ1) is 36.1. The first-order chi connectivity index (χ1) is 26.1. The molecule has 0 radical (unpaired) electrons. The maximum absolute atomic E-state index is 14.2. The molecule has 4 aromatic heterocycles. The van der Waals surface area contributed by atoms with Crippen molar-refractivity contribution in [2.75, 3.05) is 0 Å². The molecule has 2 aromatic carbocycles. The molecule has 278 valence electrons. The van der Waals surface area contributed by atoms with Crippen molar-refractivity contribution in [3.8, 4) is 39.7 Å². The van der Waals surface area contributed by atoms with Crippen LogP contribution in [0.25, 0.3) is 28.2 Å². The number of carbonyl (C=O) groups is 2. The zero-order chi connectivity index (χ0) is 37.7. The first-order valence-corrected chi connectivity index (χ1v) is 19.3. The zero-order valence-corrected chi connectivity index (χ0v) is 31.7. The molecule has 3 N–H and O–H groups in total. The second-order valence-corrected chi connectivity index (χ2v) is 15.3. The van der Waals surface area contributed by atoms with Crippen molar-refractivity contribution in [1.82, 2.24) is 39.5 Å². The SMILES string of the molecule is Cc1c(Cl)cc(C(=O)c2ccc(-c3cn(C4CCCCC4)nn3)cc2O)n1-c1c(C(=O)c2ccc(-c3cn(C4CCCCC4)nn3)cc2O)[nH]c(Cl)c1Cl. The Hall–Kier alpha value is -4.91. The van der Waals surface area contributed by atoms with Crippen LogP contribution in [0.3, 0.4) is 0 Å². The van der Waals surface area contributed by atoms with Gasteiger partial charge in [-0.1, -0.05) is 95.9 Å². The number of nitrogens with zero attached hydrogens (tertiary/aromatic N) is 7. The largest absolute Gasteiger partial charge is 0.507 e. The van der Waals surface area contributed by atoms with Gasteiger partial charge < -0.3 is 19.8 Å². The number of phenolic OH excluding ortho intramolecular Hbond substituents is 2. The monoisotopic (exact) mass is 786 g/mol. The molecule has 0 amide bonds. The molecule has 0 atom stereocenters. The maximum atomic E-state index is 14.2. The quantitative estimate of drug-likeness (QED) is 0.122. The number of benzene rings is 2. The summed E-state index contributed by atoms with van der Waals surface area (Å²) in [7, 11) is 0. The highest BCUT2D eigenvalue weighted by atomic mass is 35.5. The first-order valence-electron chi connectivity index (χ1n) is 18.1. The molecule has 2 aliphatic rings. The Labute approximate surface area is 325 Å². The lowest BCUT2D eigenvalue weighted by Crippen LogP contribution is -2.14.